The topological polar surface area (TPSA) is 63.1 Å². The summed E-state index contributed by atoms with van der Waals surface area (Å²) in [5.41, 5.74) is 1.55. The molecule has 0 aliphatic rings. The van der Waals surface area contributed by atoms with Crippen LogP contribution in [0.3, 0.4) is 0 Å². The summed E-state index contributed by atoms with van der Waals surface area (Å²) in [6.07, 6.45) is 1.25. The molecule has 0 saturated carbocycles. The molecule has 0 aliphatic heterocycles. The highest BCUT2D eigenvalue weighted by Gasteiger charge is 2.08. The van der Waals surface area contributed by atoms with Crippen molar-refractivity contribution in [1.29, 1.82) is 0 Å². The van der Waals surface area contributed by atoms with Crippen LogP contribution >= 0.6 is 12.4 Å². The SMILES string of the molecule is Cc1nncc(C(=O)O)c1C.Cl. The number of rotatable bonds is 1. The van der Waals surface area contributed by atoms with Gasteiger partial charge in [0.2, 0.25) is 0 Å². The molecule has 4 nitrogen and oxygen atoms in total. The summed E-state index contributed by atoms with van der Waals surface area (Å²) in [5.74, 6) is -0.958. The van der Waals surface area contributed by atoms with Crippen molar-refractivity contribution in [3.8, 4) is 0 Å². The smallest absolute Gasteiger partial charge is 0.337 e. The number of aryl methyl sites for hydroxylation is 1. The molecule has 0 bridgehead atoms. The molecule has 0 radical (unpaired) electrons. The van der Waals surface area contributed by atoms with Gasteiger partial charge in [0, 0.05) is 0 Å². The second-order valence-electron chi connectivity index (χ2n) is 2.27. The third kappa shape index (κ3) is 1.92. The first-order valence-corrected chi connectivity index (χ1v) is 3.15. The summed E-state index contributed by atoms with van der Waals surface area (Å²) >= 11 is 0. The Labute approximate surface area is 76.0 Å². The zero-order chi connectivity index (χ0) is 8.43. The summed E-state index contributed by atoms with van der Waals surface area (Å²) in [6.45, 7) is 3.45. The van der Waals surface area contributed by atoms with E-state index in [0.717, 1.165) is 0 Å². The van der Waals surface area contributed by atoms with Crippen LogP contribution < -0.4 is 0 Å². The van der Waals surface area contributed by atoms with Crippen LogP contribution in [-0.4, -0.2) is 21.3 Å². The summed E-state index contributed by atoms with van der Waals surface area (Å²) < 4.78 is 0. The van der Waals surface area contributed by atoms with Crippen molar-refractivity contribution in [1.82, 2.24) is 10.2 Å². The predicted molar refractivity (Wildman–Crippen MR) is 45.7 cm³/mol. The molecule has 5 heteroatoms. The second kappa shape index (κ2) is 4.01. The lowest BCUT2D eigenvalue weighted by atomic mass is 10.1. The number of halogens is 1. The maximum atomic E-state index is 10.5. The van der Waals surface area contributed by atoms with Crippen molar-refractivity contribution in [3.05, 3.63) is 23.0 Å². The molecule has 1 aromatic heterocycles. The third-order valence-electron chi connectivity index (χ3n) is 1.57. The van der Waals surface area contributed by atoms with E-state index in [9.17, 15) is 4.79 Å². The van der Waals surface area contributed by atoms with Gasteiger partial charge in [0.05, 0.1) is 17.5 Å². The Kier molecular flexibility index (Phi) is 3.63. The van der Waals surface area contributed by atoms with Crippen LogP contribution in [0.1, 0.15) is 21.6 Å². The summed E-state index contributed by atoms with van der Waals surface area (Å²) in [6, 6.07) is 0. The van der Waals surface area contributed by atoms with E-state index in [2.05, 4.69) is 10.2 Å². The molecular formula is C7H9ClN2O2. The van der Waals surface area contributed by atoms with Gasteiger partial charge in [-0.15, -0.1) is 12.4 Å². The molecule has 1 heterocycles. The number of hydrogen-bond donors (Lipinski definition) is 1. The fourth-order valence-electron chi connectivity index (χ4n) is 0.756. The highest BCUT2D eigenvalue weighted by molar-refractivity contribution is 5.88. The van der Waals surface area contributed by atoms with Crippen molar-refractivity contribution in [3.63, 3.8) is 0 Å². The van der Waals surface area contributed by atoms with Crippen LogP contribution in [0.15, 0.2) is 6.20 Å². The van der Waals surface area contributed by atoms with E-state index in [1.807, 2.05) is 0 Å². The lowest BCUT2D eigenvalue weighted by molar-refractivity contribution is 0.0695. The average molecular weight is 189 g/mol. The molecule has 0 spiro atoms. The van der Waals surface area contributed by atoms with Gasteiger partial charge in [-0.1, -0.05) is 0 Å². The van der Waals surface area contributed by atoms with Gasteiger partial charge >= 0.3 is 5.97 Å². The van der Waals surface area contributed by atoms with E-state index in [1.165, 1.54) is 6.20 Å². The summed E-state index contributed by atoms with van der Waals surface area (Å²) in [7, 11) is 0. The first-order chi connectivity index (χ1) is 5.13. The Morgan fingerprint density at radius 2 is 2.08 bits per heavy atom. The molecule has 66 valence electrons. The lowest BCUT2D eigenvalue weighted by Crippen LogP contribution is -2.03. The minimum Gasteiger partial charge on any atom is -0.478 e. The van der Waals surface area contributed by atoms with Gasteiger partial charge in [-0.3, -0.25) is 0 Å². The molecule has 0 amide bonds. The molecule has 0 aromatic carbocycles. The minimum atomic E-state index is -0.958. The molecule has 0 atom stereocenters. The third-order valence-corrected chi connectivity index (χ3v) is 1.57. The van der Waals surface area contributed by atoms with Crippen LogP contribution in [0.2, 0.25) is 0 Å². The first-order valence-electron chi connectivity index (χ1n) is 3.15. The van der Waals surface area contributed by atoms with Crippen molar-refractivity contribution < 1.29 is 9.90 Å². The second-order valence-corrected chi connectivity index (χ2v) is 2.27. The molecule has 0 saturated heterocycles. The zero-order valence-electron chi connectivity index (χ0n) is 6.74. The van der Waals surface area contributed by atoms with Gasteiger partial charge in [-0.25, -0.2) is 4.79 Å². The largest absolute Gasteiger partial charge is 0.478 e. The Morgan fingerprint density at radius 1 is 1.50 bits per heavy atom. The number of hydrogen-bond acceptors (Lipinski definition) is 3. The van der Waals surface area contributed by atoms with Crippen molar-refractivity contribution >= 4 is 18.4 Å². The lowest BCUT2D eigenvalue weighted by Gasteiger charge is -1.99. The molecule has 1 aromatic rings. The average Bonchev–Trinajstić information content (AvgIpc) is 1.94. The van der Waals surface area contributed by atoms with Crippen LogP contribution in [0.4, 0.5) is 0 Å². The first kappa shape index (κ1) is 10.8. The van der Waals surface area contributed by atoms with Gasteiger partial charge < -0.3 is 5.11 Å². The number of nitrogens with zero attached hydrogens (tertiary/aromatic N) is 2. The van der Waals surface area contributed by atoms with Gasteiger partial charge in [0.1, 0.15) is 0 Å². The number of aromatic carboxylic acids is 1. The number of carboxylic acid groups (broad SMARTS) is 1. The molecule has 0 unspecified atom stereocenters. The Morgan fingerprint density at radius 3 is 2.50 bits per heavy atom. The highest BCUT2D eigenvalue weighted by atomic mass is 35.5. The van der Waals surface area contributed by atoms with E-state index in [0.29, 0.717) is 11.3 Å². The Bertz CT molecular complexity index is 301. The molecule has 1 rings (SSSR count). The minimum absolute atomic E-state index is 0. The van der Waals surface area contributed by atoms with E-state index in [1.54, 1.807) is 13.8 Å². The molecule has 1 N–H and O–H groups in total. The maximum absolute atomic E-state index is 10.5. The van der Waals surface area contributed by atoms with Crippen LogP contribution in [-0.2, 0) is 0 Å². The van der Waals surface area contributed by atoms with Gasteiger partial charge in [-0.05, 0) is 19.4 Å². The molecule has 12 heavy (non-hydrogen) atoms. The van der Waals surface area contributed by atoms with E-state index >= 15 is 0 Å². The quantitative estimate of drug-likeness (QED) is 0.720. The van der Waals surface area contributed by atoms with Crippen LogP contribution in [0, 0.1) is 13.8 Å². The highest BCUT2D eigenvalue weighted by Crippen LogP contribution is 2.07. The molecule has 0 fully saturated rings. The monoisotopic (exact) mass is 188 g/mol. The van der Waals surface area contributed by atoms with Gasteiger partial charge in [0.25, 0.3) is 0 Å². The zero-order valence-corrected chi connectivity index (χ0v) is 7.55. The molecular weight excluding hydrogens is 180 g/mol. The molecule has 0 aliphatic carbocycles. The van der Waals surface area contributed by atoms with Crippen molar-refractivity contribution in [2.75, 3.05) is 0 Å². The normalized spacial score (nSPS) is 8.83. The Hall–Kier alpha value is -1.16. The summed E-state index contributed by atoms with van der Waals surface area (Å²) in [5, 5.41) is 15.9. The predicted octanol–water partition coefficient (Wildman–Crippen LogP) is 1.21. The standard InChI is InChI=1S/C7H8N2O2.ClH/c1-4-5(2)9-8-3-6(4)7(10)11;/h3H,1-2H3,(H,10,11);1H. The summed E-state index contributed by atoms with van der Waals surface area (Å²) in [4.78, 5) is 10.5. The number of aromatic nitrogens is 2. The van der Waals surface area contributed by atoms with Crippen LogP contribution in [0.5, 0.6) is 0 Å². The van der Waals surface area contributed by atoms with Crippen molar-refractivity contribution in [2.24, 2.45) is 0 Å². The van der Waals surface area contributed by atoms with E-state index < -0.39 is 5.97 Å². The number of carboxylic acids is 1. The fourth-order valence-corrected chi connectivity index (χ4v) is 0.756. The van der Waals surface area contributed by atoms with Crippen LogP contribution in [0.25, 0.3) is 0 Å². The van der Waals surface area contributed by atoms with Crippen molar-refractivity contribution in [2.45, 2.75) is 13.8 Å². The maximum Gasteiger partial charge on any atom is 0.337 e. The Balaban J connectivity index is 0.00000121. The van der Waals surface area contributed by atoms with Gasteiger partial charge in [-0.2, -0.15) is 10.2 Å². The van der Waals surface area contributed by atoms with E-state index in [-0.39, 0.29) is 18.0 Å². The number of carbonyl (C=O) groups is 1. The van der Waals surface area contributed by atoms with Gasteiger partial charge in [0.15, 0.2) is 0 Å². The van der Waals surface area contributed by atoms with E-state index in [4.69, 9.17) is 5.11 Å². The fraction of sp³-hybridized carbons (Fsp3) is 0.286.